The normalized spacial score (nSPS) is 16.7. The van der Waals surface area contributed by atoms with Crippen LogP contribution in [0.25, 0.3) is 11.1 Å². The zero-order valence-electron chi connectivity index (χ0n) is 22.6. The molecule has 2 aromatic carbocycles. The van der Waals surface area contributed by atoms with E-state index in [1.54, 1.807) is 33.2 Å². The van der Waals surface area contributed by atoms with Crippen molar-refractivity contribution in [1.82, 2.24) is 14.2 Å². The summed E-state index contributed by atoms with van der Waals surface area (Å²) in [5.41, 5.74) is 0.855. The van der Waals surface area contributed by atoms with Crippen LogP contribution in [0.2, 0.25) is 0 Å². The maximum atomic E-state index is 13.9. The largest absolute Gasteiger partial charge is 0.444 e. The van der Waals surface area contributed by atoms with Gasteiger partial charge in [0.2, 0.25) is 10.0 Å². The van der Waals surface area contributed by atoms with Crippen LogP contribution in [-0.2, 0) is 27.5 Å². The molecule has 1 aliphatic rings. The van der Waals surface area contributed by atoms with Crippen molar-refractivity contribution in [3.63, 3.8) is 0 Å². The third kappa shape index (κ3) is 7.19. The number of hydrogen-bond acceptors (Lipinski definition) is 5. The highest BCUT2D eigenvalue weighted by Gasteiger charge is 2.37. The van der Waals surface area contributed by atoms with Crippen LogP contribution in [0.1, 0.15) is 44.7 Å². The molecule has 0 radical (unpaired) electrons. The Morgan fingerprint density at radius 3 is 2.27 bits per heavy atom. The molecule has 1 unspecified atom stereocenters. The van der Waals surface area contributed by atoms with E-state index in [0.29, 0.717) is 24.9 Å². The minimum atomic E-state index is -4.59. The molecular formula is C29H32F3N3O4S. The van der Waals surface area contributed by atoms with Gasteiger partial charge in [0, 0.05) is 38.1 Å². The van der Waals surface area contributed by atoms with E-state index in [1.165, 1.54) is 9.21 Å². The average Bonchev–Trinajstić information content (AvgIpc) is 2.91. The van der Waals surface area contributed by atoms with E-state index in [-0.39, 0.29) is 18.0 Å². The fourth-order valence-electron chi connectivity index (χ4n) is 4.56. The summed E-state index contributed by atoms with van der Waals surface area (Å²) >= 11 is 0. The predicted molar refractivity (Wildman–Crippen MR) is 145 cm³/mol. The van der Waals surface area contributed by atoms with Gasteiger partial charge in [0.1, 0.15) is 5.60 Å². The van der Waals surface area contributed by atoms with E-state index < -0.39 is 39.5 Å². The third-order valence-electron chi connectivity index (χ3n) is 6.53. The number of benzene rings is 2. The topological polar surface area (TPSA) is 79.8 Å². The fraction of sp³-hybridized carbons (Fsp3) is 0.379. The number of hydrogen-bond donors (Lipinski definition) is 0. The van der Waals surface area contributed by atoms with E-state index in [1.807, 2.05) is 36.4 Å². The van der Waals surface area contributed by atoms with E-state index in [0.717, 1.165) is 35.4 Å². The average molecular weight is 576 g/mol. The minimum absolute atomic E-state index is 0.0243. The van der Waals surface area contributed by atoms with Crippen LogP contribution in [0.15, 0.2) is 78.0 Å². The SMILES string of the molecule is CC(C)(C)OC(=O)N1CCCC(N(Cc2ccc(-c3cccnc3)cc2)S(=O)(=O)c2ccc(C(F)(F)F)cc2)C1. The molecule has 7 nitrogen and oxygen atoms in total. The number of amides is 1. The number of rotatable bonds is 6. The van der Waals surface area contributed by atoms with Crippen LogP contribution in [0.3, 0.4) is 0 Å². The van der Waals surface area contributed by atoms with Crippen LogP contribution >= 0.6 is 0 Å². The Balaban J connectivity index is 1.65. The number of halogens is 3. The molecule has 214 valence electrons. The monoisotopic (exact) mass is 575 g/mol. The number of nitrogens with zero attached hydrogens (tertiary/aromatic N) is 3. The summed E-state index contributed by atoms with van der Waals surface area (Å²) in [5.74, 6) is 0. The quantitative estimate of drug-likeness (QED) is 0.342. The predicted octanol–water partition coefficient (Wildman–Crippen LogP) is 6.36. The summed E-state index contributed by atoms with van der Waals surface area (Å²) in [5, 5.41) is 0. The van der Waals surface area contributed by atoms with Gasteiger partial charge < -0.3 is 9.64 Å². The lowest BCUT2D eigenvalue weighted by molar-refractivity contribution is -0.137. The van der Waals surface area contributed by atoms with Gasteiger partial charge in [-0.25, -0.2) is 13.2 Å². The molecular weight excluding hydrogens is 543 g/mol. The summed E-state index contributed by atoms with van der Waals surface area (Å²) in [4.78, 5) is 18.1. The van der Waals surface area contributed by atoms with Gasteiger partial charge in [0.15, 0.2) is 0 Å². The van der Waals surface area contributed by atoms with Gasteiger partial charge in [-0.05, 0) is 80.6 Å². The number of carbonyl (C=O) groups excluding carboxylic acids is 1. The zero-order valence-corrected chi connectivity index (χ0v) is 23.4. The Morgan fingerprint density at radius 1 is 1.02 bits per heavy atom. The number of likely N-dealkylation sites (tertiary alicyclic amines) is 1. The van der Waals surface area contributed by atoms with Crippen molar-refractivity contribution >= 4 is 16.1 Å². The molecule has 0 bridgehead atoms. The van der Waals surface area contributed by atoms with E-state index >= 15 is 0 Å². The standard InChI is InChI=1S/C29H32F3N3O4S/c1-28(2,3)39-27(36)34-17-5-7-25(20-34)35(40(37,38)26-14-12-24(13-15-26)29(30,31)32)19-21-8-10-22(11-9-21)23-6-4-16-33-18-23/h4,6,8-16,18,25H,5,7,17,19-20H2,1-3H3. The fourth-order valence-corrected chi connectivity index (χ4v) is 6.19. The second kappa shape index (κ2) is 11.6. The van der Waals surface area contributed by atoms with Crippen molar-refractivity contribution in [2.45, 2.75) is 62.9 Å². The maximum Gasteiger partial charge on any atom is 0.416 e. The first-order chi connectivity index (χ1) is 18.7. The van der Waals surface area contributed by atoms with Gasteiger partial charge in [0.25, 0.3) is 0 Å². The molecule has 4 rings (SSSR count). The van der Waals surface area contributed by atoms with E-state index in [2.05, 4.69) is 4.98 Å². The zero-order chi connectivity index (χ0) is 29.1. The molecule has 1 amide bonds. The Morgan fingerprint density at radius 2 is 1.70 bits per heavy atom. The lowest BCUT2D eigenvalue weighted by atomic mass is 10.0. The molecule has 11 heteroatoms. The number of sulfonamides is 1. The molecule has 3 aromatic rings. The summed E-state index contributed by atoms with van der Waals surface area (Å²) in [7, 11) is -4.23. The Kier molecular flexibility index (Phi) is 8.55. The molecule has 0 spiro atoms. The van der Waals surface area contributed by atoms with Gasteiger partial charge in [0.05, 0.1) is 10.5 Å². The molecule has 1 atom stereocenters. The molecule has 40 heavy (non-hydrogen) atoms. The second-order valence-corrected chi connectivity index (χ2v) is 12.6. The van der Waals surface area contributed by atoms with E-state index in [4.69, 9.17) is 4.74 Å². The van der Waals surface area contributed by atoms with Crippen LogP contribution < -0.4 is 0 Å². The van der Waals surface area contributed by atoms with Crippen LogP contribution in [0.4, 0.5) is 18.0 Å². The lowest BCUT2D eigenvalue weighted by Crippen LogP contribution is -2.52. The van der Waals surface area contributed by atoms with Crippen LogP contribution in [0, 0.1) is 0 Å². The van der Waals surface area contributed by atoms with Gasteiger partial charge in [-0.1, -0.05) is 30.3 Å². The number of alkyl halides is 3. The highest BCUT2D eigenvalue weighted by Crippen LogP contribution is 2.32. The molecule has 1 aromatic heterocycles. The number of ether oxygens (including phenoxy) is 1. The van der Waals surface area contributed by atoms with Crippen molar-refractivity contribution in [2.24, 2.45) is 0 Å². The summed E-state index contributed by atoms with van der Waals surface area (Å²) < 4.78 is 74.0. The maximum absolute atomic E-state index is 13.9. The molecule has 2 heterocycles. The number of carbonyl (C=O) groups is 1. The van der Waals surface area contributed by atoms with Gasteiger partial charge in [-0.2, -0.15) is 17.5 Å². The van der Waals surface area contributed by atoms with Crippen molar-refractivity contribution in [2.75, 3.05) is 13.1 Å². The first kappa shape index (κ1) is 29.5. The first-order valence-electron chi connectivity index (χ1n) is 12.9. The Labute approximate surface area is 232 Å². The first-order valence-corrected chi connectivity index (χ1v) is 14.3. The Hall–Kier alpha value is -3.44. The van der Waals surface area contributed by atoms with Crippen molar-refractivity contribution < 1.29 is 31.1 Å². The molecule has 1 saturated heterocycles. The van der Waals surface area contributed by atoms with Crippen molar-refractivity contribution in [3.8, 4) is 11.1 Å². The minimum Gasteiger partial charge on any atom is -0.444 e. The summed E-state index contributed by atoms with van der Waals surface area (Å²) in [6, 6.07) is 14.0. The number of aromatic nitrogens is 1. The summed E-state index contributed by atoms with van der Waals surface area (Å²) in [6.45, 7) is 5.75. The number of pyridine rings is 1. The van der Waals surface area contributed by atoms with Crippen LogP contribution in [-0.4, -0.2) is 53.4 Å². The smallest absolute Gasteiger partial charge is 0.416 e. The number of piperidine rings is 1. The van der Waals surface area contributed by atoms with Crippen molar-refractivity contribution in [1.29, 1.82) is 0 Å². The molecule has 0 saturated carbocycles. The molecule has 1 fully saturated rings. The lowest BCUT2D eigenvalue weighted by Gasteiger charge is -2.39. The molecule has 0 aliphatic carbocycles. The molecule has 0 N–H and O–H groups in total. The van der Waals surface area contributed by atoms with Gasteiger partial charge >= 0.3 is 12.3 Å². The van der Waals surface area contributed by atoms with Gasteiger partial charge in [-0.15, -0.1) is 0 Å². The van der Waals surface area contributed by atoms with Gasteiger partial charge in [-0.3, -0.25) is 4.98 Å². The highest BCUT2D eigenvalue weighted by atomic mass is 32.2. The van der Waals surface area contributed by atoms with Crippen LogP contribution in [0.5, 0.6) is 0 Å². The highest BCUT2D eigenvalue weighted by molar-refractivity contribution is 7.89. The summed E-state index contributed by atoms with van der Waals surface area (Å²) in [6.07, 6.45) is -0.702. The molecule has 1 aliphatic heterocycles. The van der Waals surface area contributed by atoms with Crippen molar-refractivity contribution in [3.05, 3.63) is 84.2 Å². The third-order valence-corrected chi connectivity index (χ3v) is 8.44. The van der Waals surface area contributed by atoms with E-state index in [9.17, 15) is 26.4 Å². The Bertz CT molecular complexity index is 1410. The second-order valence-electron chi connectivity index (χ2n) is 10.7.